The van der Waals surface area contributed by atoms with Crippen molar-refractivity contribution in [1.29, 1.82) is 0 Å². The molecule has 7 heteroatoms. The Kier molecular flexibility index (Phi) is 4.60. The second-order valence-electron chi connectivity index (χ2n) is 7.00. The number of nitrogens with zero attached hydrogens (tertiary/aromatic N) is 4. The van der Waals surface area contributed by atoms with Crippen molar-refractivity contribution in [3.8, 4) is 0 Å². The molecular formula is C18H24N4O2S. The molecule has 2 aliphatic rings. The Morgan fingerprint density at radius 2 is 1.92 bits per heavy atom. The third-order valence-electron chi connectivity index (χ3n) is 5.19. The molecule has 0 radical (unpaired) electrons. The lowest BCUT2D eigenvalue weighted by atomic mass is 9.99. The summed E-state index contributed by atoms with van der Waals surface area (Å²) in [6, 6.07) is 0. The van der Waals surface area contributed by atoms with Crippen molar-refractivity contribution in [2.75, 3.05) is 44.3 Å². The molecule has 6 nitrogen and oxygen atoms in total. The highest BCUT2D eigenvalue weighted by atomic mass is 32.1. The van der Waals surface area contributed by atoms with Crippen LogP contribution in [0.15, 0.2) is 5.38 Å². The summed E-state index contributed by atoms with van der Waals surface area (Å²) in [4.78, 5) is 27.5. The Labute approximate surface area is 151 Å². The maximum atomic E-state index is 12.9. The summed E-state index contributed by atoms with van der Waals surface area (Å²) in [5.41, 5.74) is 0.891. The summed E-state index contributed by atoms with van der Waals surface area (Å²) in [6.45, 7) is 8.79. The molecule has 1 amide bonds. The van der Waals surface area contributed by atoms with Crippen molar-refractivity contribution in [3.63, 3.8) is 0 Å². The van der Waals surface area contributed by atoms with E-state index in [1.165, 1.54) is 17.7 Å². The van der Waals surface area contributed by atoms with Gasteiger partial charge >= 0.3 is 0 Å². The molecule has 4 rings (SSSR count). The van der Waals surface area contributed by atoms with E-state index in [0.29, 0.717) is 32.1 Å². The summed E-state index contributed by atoms with van der Waals surface area (Å²) in [7, 11) is 0. The summed E-state index contributed by atoms with van der Waals surface area (Å²) < 4.78 is 5.35. The highest BCUT2D eigenvalue weighted by Crippen LogP contribution is 2.33. The lowest BCUT2D eigenvalue weighted by Gasteiger charge is -2.32. The number of carbonyl (C=O) groups is 1. The SMILES string of the molecule is Cc1scc2nc(C(=O)N3CCOCC3)nc(N3CCC(C)CC3)c12. The van der Waals surface area contributed by atoms with E-state index < -0.39 is 0 Å². The van der Waals surface area contributed by atoms with Crippen molar-refractivity contribution in [3.05, 3.63) is 16.1 Å². The van der Waals surface area contributed by atoms with Gasteiger partial charge in [-0.1, -0.05) is 6.92 Å². The third-order valence-corrected chi connectivity index (χ3v) is 6.09. The van der Waals surface area contributed by atoms with Gasteiger partial charge in [-0.2, -0.15) is 0 Å². The average molecular weight is 360 g/mol. The molecule has 0 atom stereocenters. The van der Waals surface area contributed by atoms with E-state index in [1.54, 1.807) is 16.2 Å². The van der Waals surface area contributed by atoms with Crippen molar-refractivity contribution in [2.45, 2.75) is 26.7 Å². The first-order valence-corrected chi connectivity index (χ1v) is 9.89. The number of morpholine rings is 1. The van der Waals surface area contributed by atoms with Crippen molar-refractivity contribution in [1.82, 2.24) is 14.9 Å². The predicted octanol–water partition coefficient (Wildman–Crippen LogP) is 2.71. The minimum atomic E-state index is -0.0827. The number of aromatic nitrogens is 2. The highest BCUT2D eigenvalue weighted by Gasteiger charge is 2.26. The molecule has 25 heavy (non-hydrogen) atoms. The second kappa shape index (κ2) is 6.88. The van der Waals surface area contributed by atoms with E-state index in [-0.39, 0.29) is 5.91 Å². The lowest BCUT2D eigenvalue weighted by Crippen LogP contribution is -2.41. The monoisotopic (exact) mass is 360 g/mol. The molecule has 134 valence electrons. The normalized spacial score (nSPS) is 19.6. The van der Waals surface area contributed by atoms with Crippen molar-refractivity contribution >= 4 is 34.0 Å². The molecule has 0 bridgehead atoms. The second-order valence-corrected chi connectivity index (χ2v) is 8.08. The molecule has 0 N–H and O–H groups in total. The lowest BCUT2D eigenvalue weighted by molar-refractivity contribution is 0.0295. The smallest absolute Gasteiger partial charge is 0.291 e. The molecule has 0 aliphatic carbocycles. The molecule has 2 fully saturated rings. The van der Waals surface area contributed by atoms with Crippen LogP contribution in [0.5, 0.6) is 0 Å². The number of thiophene rings is 1. The standard InChI is InChI=1S/C18H24N4O2S/c1-12-3-5-21(6-4-12)17-15-13(2)25-11-14(15)19-16(20-17)18(23)22-7-9-24-10-8-22/h11-12H,3-10H2,1-2H3. The van der Waals surface area contributed by atoms with Gasteiger partial charge in [-0.15, -0.1) is 11.3 Å². The molecule has 0 aromatic carbocycles. The van der Waals surface area contributed by atoms with Crippen LogP contribution in [-0.4, -0.2) is 60.2 Å². The van der Waals surface area contributed by atoms with Crippen LogP contribution in [0.25, 0.3) is 10.9 Å². The van der Waals surface area contributed by atoms with Gasteiger partial charge in [0.15, 0.2) is 0 Å². The van der Waals surface area contributed by atoms with E-state index in [4.69, 9.17) is 9.72 Å². The number of hydrogen-bond acceptors (Lipinski definition) is 6. The topological polar surface area (TPSA) is 58.6 Å². The number of ether oxygens (including phenoxy) is 1. The molecule has 0 spiro atoms. The van der Waals surface area contributed by atoms with Gasteiger partial charge in [0.1, 0.15) is 5.82 Å². The highest BCUT2D eigenvalue weighted by molar-refractivity contribution is 7.11. The Hall–Kier alpha value is -1.73. The number of rotatable bonds is 2. The number of anilines is 1. The van der Waals surface area contributed by atoms with Gasteiger partial charge in [-0.3, -0.25) is 4.79 Å². The van der Waals surface area contributed by atoms with Crippen LogP contribution in [0.3, 0.4) is 0 Å². The largest absolute Gasteiger partial charge is 0.378 e. The molecule has 2 aromatic heterocycles. The van der Waals surface area contributed by atoms with Crippen LogP contribution in [0.1, 0.15) is 35.3 Å². The predicted molar refractivity (Wildman–Crippen MR) is 99.5 cm³/mol. The Morgan fingerprint density at radius 1 is 1.20 bits per heavy atom. The molecule has 2 aliphatic heterocycles. The van der Waals surface area contributed by atoms with Crippen molar-refractivity contribution < 1.29 is 9.53 Å². The molecule has 0 unspecified atom stereocenters. The van der Waals surface area contributed by atoms with E-state index in [2.05, 4.69) is 23.7 Å². The van der Waals surface area contributed by atoms with E-state index in [9.17, 15) is 4.79 Å². The first-order valence-electron chi connectivity index (χ1n) is 9.01. The van der Waals surface area contributed by atoms with Gasteiger partial charge in [0, 0.05) is 36.4 Å². The maximum absolute atomic E-state index is 12.9. The number of fused-ring (bicyclic) bond motifs is 1. The average Bonchev–Trinajstić information content (AvgIpc) is 3.03. The first-order chi connectivity index (χ1) is 12.1. The third kappa shape index (κ3) is 3.22. The Morgan fingerprint density at radius 3 is 2.64 bits per heavy atom. The van der Waals surface area contributed by atoms with E-state index in [1.807, 2.05) is 5.38 Å². The first kappa shape index (κ1) is 16.7. The maximum Gasteiger partial charge on any atom is 0.291 e. The molecule has 0 saturated carbocycles. The van der Waals surface area contributed by atoms with Gasteiger partial charge in [-0.05, 0) is 25.7 Å². The number of carbonyl (C=O) groups excluding carboxylic acids is 1. The summed E-state index contributed by atoms with van der Waals surface area (Å²) >= 11 is 1.68. The van der Waals surface area contributed by atoms with Gasteiger partial charge < -0.3 is 14.5 Å². The van der Waals surface area contributed by atoms with Gasteiger partial charge in [0.25, 0.3) is 5.91 Å². The van der Waals surface area contributed by atoms with Crippen LogP contribution in [-0.2, 0) is 4.74 Å². The fourth-order valence-corrected chi connectivity index (χ4v) is 4.32. The zero-order valence-corrected chi connectivity index (χ0v) is 15.6. The van der Waals surface area contributed by atoms with E-state index >= 15 is 0 Å². The van der Waals surface area contributed by atoms with Crippen LogP contribution >= 0.6 is 11.3 Å². The zero-order valence-electron chi connectivity index (χ0n) is 14.8. The number of aryl methyl sites for hydroxylation is 1. The fraction of sp³-hybridized carbons (Fsp3) is 0.611. The fourth-order valence-electron chi connectivity index (χ4n) is 3.54. The summed E-state index contributed by atoms with van der Waals surface area (Å²) in [5.74, 6) is 1.93. The van der Waals surface area contributed by atoms with Gasteiger partial charge in [-0.25, -0.2) is 9.97 Å². The van der Waals surface area contributed by atoms with Crippen LogP contribution in [0, 0.1) is 12.8 Å². The van der Waals surface area contributed by atoms with E-state index in [0.717, 1.165) is 35.7 Å². The number of hydrogen-bond donors (Lipinski definition) is 0. The van der Waals surface area contributed by atoms with Crippen LogP contribution in [0.4, 0.5) is 5.82 Å². The number of amides is 1. The Balaban J connectivity index is 1.72. The molecule has 2 saturated heterocycles. The molecule has 4 heterocycles. The Bertz CT molecular complexity index is 777. The van der Waals surface area contributed by atoms with Crippen LogP contribution in [0.2, 0.25) is 0 Å². The summed E-state index contributed by atoms with van der Waals surface area (Å²) in [5, 5.41) is 3.15. The van der Waals surface area contributed by atoms with Gasteiger partial charge in [0.2, 0.25) is 5.82 Å². The minimum absolute atomic E-state index is 0.0827. The molecular weight excluding hydrogens is 336 g/mol. The quantitative estimate of drug-likeness (QED) is 0.824. The van der Waals surface area contributed by atoms with Crippen LogP contribution < -0.4 is 4.90 Å². The zero-order chi connectivity index (χ0) is 17.4. The van der Waals surface area contributed by atoms with Gasteiger partial charge in [0.05, 0.1) is 24.1 Å². The molecule has 2 aromatic rings. The number of piperidine rings is 1. The minimum Gasteiger partial charge on any atom is -0.378 e. The van der Waals surface area contributed by atoms with Crippen molar-refractivity contribution in [2.24, 2.45) is 5.92 Å². The summed E-state index contributed by atoms with van der Waals surface area (Å²) in [6.07, 6.45) is 2.34.